The fourth-order valence-electron chi connectivity index (χ4n) is 17.0. The van der Waals surface area contributed by atoms with E-state index in [4.69, 9.17) is 80.5 Å². The Balaban J connectivity index is 1.03. The van der Waals surface area contributed by atoms with Crippen LogP contribution in [0.4, 0.5) is 0 Å². The molecule has 26 atom stereocenters. The lowest BCUT2D eigenvalue weighted by Gasteiger charge is -2.61. The maximum absolute atomic E-state index is 13.5. The van der Waals surface area contributed by atoms with Gasteiger partial charge in [0.1, 0.15) is 24.9 Å². The van der Waals surface area contributed by atoms with Crippen LogP contribution in [0.15, 0.2) is 0 Å². The molecule has 9 aliphatic rings. The van der Waals surface area contributed by atoms with Gasteiger partial charge in [0.25, 0.3) is 0 Å². The van der Waals surface area contributed by atoms with Gasteiger partial charge in [0, 0.05) is 74.7 Å². The van der Waals surface area contributed by atoms with Crippen molar-refractivity contribution in [3.63, 3.8) is 0 Å². The smallest absolute Gasteiger partial charge is 0.303 e. The molecule has 0 amide bonds. The average molecular weight is 1250 g/mol. The summed E-state index contributed by atoms with van der Waals surface area (Å²) in [7, 11) is 0. The van der Waals surface area contributed by atoms with E-state index < -0.39 is 171 Å². The Labute approximate surface area is 512 Å². The zero-order valence-corrected chi connectivity index (χ0v) is 52.8. The van der Waals surface area contributed by atoms with E-state index in [0.717, 1.165) is 120 Å². The summed E-state index contributed by atoms with van der Waals surface area (Å²) < 4.78 is 104. The molecule has 4 saturated carbocycles. The molecule has 0 bridgehead atoms. The molecule has 26 nitrogen and oxygen atoms in total. The van der Waals surface area contributed by atoms with Gasteiger partial charge in [-0.05, 0) is 104 Å². The normalized spacial score (nSPS) is 43.4. The van der Waals surface area contributed by atoms with Crippen molar-refractivity contribution < 1.29 is 124 Å². The van der Waals surface area contributed by atoms with E-state index in [1.807, 2.05) is 0 Å². The van der Waals surface area contributed by atoms with Crippen molar-refractivity contribution in [1.82, 2.24) is 0 Å². The number of fused-ring (bicyclic) bond motifs is 7. The molecular weight excluding hydrogens is 1160 g/mol. The first-order valence-corrected chi connectivity index (χ1v) is 31.2. The lowest BCUT2D eigenvalue weighted by molar-refractivity contribution is -0.370. The van der Waals surface area contributed by atoms with Crippen LogP contribution in [0.5, 0.6) is 0 Å². The lowest BCUT2D eigenvalue weighted by Crippen LogP contribution is -2.67. The van der Waals surface area contributed by atoms with Crippen LogP contribution in [0.2, 0.25) is 0 Å². The number of carbonyl (C=O) groups excluding carboxylic acids is 9. The molecule has 9 fully saturated rings. The molecular formula is C62H90O26. The standard InChI is InChI=1S/C62H90O26/c1-28-16-21-62(75-24-28)29(2)48-44(88-62)23-43-41-15-14-39-22-40(17-19-60(39,12)42(41)18-20-61(43,48)13)84-58-55(82-37(10)70)53(80-35(8)68)50(47(85-58)27-74-57-54(81-36(9)69)51(78-33(6)66)45(26-73-57)76-31(4)64)87-59-56(83-38(11)71)52(79-34(7)67)49(77-32(5)65)46(86-59)25-72-30(3)63/h28-29,39-59H,14-27H2,1-13H3/t28-,29-,39+,40-,41+,42-,43-,44-,45-,46+,47+,48-,49+,50+,51-,52-,53-,54+,55+,56+,57-,58+,59-,60-,61-,62+/m0/s1. The highest BCUT2D eigenvalue weighted by atomic mass is 16.8. The predicted molar refractivity (Wildman–Crippen MR) is 296 cm³/mol. The van der Waals surface area contributed by atoms with Gasteiger partial charge in [-0.3, -0.25) is 43.2 Å². The van der Waals surface area contributed by atoms with Crippen molar-refractivity contribution >= 4 is 53.7 Å². The van der Waals surface area contributed by atoms with E-state index in [1.54, 1.807) is 0 Å². The van der Waals surface area contributed by atoms with Crippen molar-refractivity contribution in [1.29, 1.82) is 0 Å². The first-order valence-electron chi connectivity index (χ1n) is 31.2. The second-order valence-electron chi connectivity index (χ2n) is 26.4. The Bertz CT molecular complexity index is 2590. The quantitative estimate of drug-likeness (QED) is 0.105. The van der Waals surface area contributed by atoms with E-state index in [9.17, 15) is 43.2 Å². The summed E-state index contributed by atoms with van der Waals surface area (Å²) in [5.74, 6) is -5.29. The third-order valence-electron chi connectivity index (χ3n) is 20.4. The summed E-state index contributed by atoms with van der Waals surface area (Å²) in [6.45, 7) is 18.3. The SMILES string of the molecule is CC(=O)OC[C@H]1O[C@@H](O[C@H]2[C@H](OC(C)=O)[C@@H](OC(C)=O)[C@H](O[C@H]3CC[C@@]4(C)[C@H](CC[C@@H]5[C@@H]4CC[C@]4(C)[C@@H]6[C@H](C[C@@H]54)O[C@]4(CC[C@H](C)CO4)[C@H]6C)C3)O[C@@H]2CO[C@@H]2OC[C@H](OC(C)=O)[C@H](OC(C)=O)[C@H]2OC(C)=O)[C@H](OC(C)=O)[C@@H](OC(C)=O)[C@@H]1OC(C)=O. The van der Waals surface area contributed by atoms with Crippen molar-refractivity contribution in [2.75, 3.05) is 26.4 Å². The molecule has 0 radical (unpaired) electrons. The summed E-state index contributed by atoms with van der Waals surface area (Å²) >= 11 is 0. The van der Waals surface area contributed by atoms with Crippen LogP contribution < -0.4 is 0 Å². The van der Waals surface area contributed by atoms with Gasteiger partial charge in [-0.2, -0.15) is 0 Å². The maximum atomic E-state index is 13.5. The van der Waals surface area contributed by atoms with Crippen molar-refractivity contribution in [3.8, 4) is 0 Å². The van der Waals surface area contributed by atoms with E-state index in [2.05, 4.69) is 27.7 Å². The number of esters is 9. The lowest BCUT2D eigenvalue weighted by atomic mass is 9.44. The van der Waals surface area contributed by atoms with Crippen molar-refractivity contribution in [3.05, 3.63) is 0 Å². The summed E-state index contributed by atoms with van der Waals surface area (Å²) in [5, 5.41) is 0. The highest BCUT2D eigenvalue weighted by molar-refractivity contribution is 5.70. The van der Waals surface area contributed by atoms with E-state index >= 15 is 0 Å². The highest BCUT2D eigenvalue weighted by Crippen LogP contribution is 2.71. The van der Waals surface area contributed by atoms with Gasteiger partial charge in [0.05, 0.1) is 32.0 Å². The van der Waals surface area contributed by atoms with Gasteiger partial charge in [-0.25, -0.2) is 0 Å². The number of rotatable bonds is 17. The van der Waals surface area contributed by atoms with Crippen molar-refractivity contribution in [2.24, 2.45) is 52.3 Å². The van der Waals surface area contributed by atoms with E-state index in [-0.39, 0.29) is 22.9 Å². The number of hydrogen-bond donors (Lipinski definition) is 0. The predicted octanol–water partition coefficient (Wildman–Crippen LogP) is 5.04. The molecule has 5 saturated heterocycles. The molecule has 0 N–H and O–H groups in total. The minimum atomic E-state index is -1.92. The Morgan fingerprint density at radius 1 is 0.466 bits per heavy atom. The zero-order chi connectivity index (χ0) is 63.9. The number of carbonyl (C=O) groups is 9. The molecule has 0 aromatic heterocycles. The molecule has 26 heteroatoms. The summed E-state index contributed by atoms with van der Waals surface area (Å²) in [6, 6.07) is 0. The molecule has 0 unspecified atom stereocenters. The number of ether oxygens (including phenoxy) is 17. The monoisotopic (exact) mass is 1250 g/mol. The van der Waals surface area contributed by atoms with Gasteiger partial charge < -0.3 is 80.5 Å². The molecule has 494 valence electrons. The second-order valence-corrected chi connectivity index (χ2v) is 26.4. The van der Waals surface area contributed by atoms with Crippen LogP contribution in [0.1, 0.15) is 154 Å². The molecule has 5 aliphatic heterocycles. The Morgan fingerprint density at radius 2 is 0.989 bits per heavy atom. The molecule has 1 spiro atoms. The minimum Gasteiger partial charge on any atom is -0.463 e. The van der Waals surface area contributed by atoms with Crippen LogP contribution in [-0.2, 0) is 124 Å². The third kappa shape index (κ3) is 14.3. The molecule has 5 heterocycles. The van der Waals surface area contributed by atoms with Gasteiger partial charge in [0.15, 0.2) is 73.5 Å². The summed E-state index contributed by atoms with van der Waals surface area (Å²) in [5.41, 5.74) is 0.0971. The van der Waals surface area contributed by atoms with Gasteiger partial charge >= 0.3 is 53.7 Å². The first-order chi connectivity index (χ1) is 41.5. The summed E-state index contributed by atoms with van der Waals surface area (Å²) in [4.78, 5) is 115. The van der Waals surface area contributed by atoms with Gasteiger partial charge in [0.2, 0.25) is 0 Å². The number of hydrogen-bond acceptors (Lipinski definition) is 26. The van der Waals surface area contributed by atoms with E-state index in [0.29, 0.717) is 48.3 Å². The van der Waals surface area contributed by atoms with Crippen LogP contribution in [0.3, 0.4) is 0 Å². The first kappa shape index (κ1) is 67.3. The molecule has 9 rings (SSSR count). The fraction of sp³-hybridized carbons (Fsp3) is 0.855. The Kier molecular flexibility index (Phi) is 21.0. The topological polar surface area (TPSA) is 311 Å². The third-order valence-corrected chi connectivity index (χ3v) is 20.4. The highest BCUT2D eigenvalue weighted by Gasteiger charge is 2.70. The molecule has 88 heavy (non-hydrogen) atoms. The second kappa shape index (κ2) is 27.4. The van der Waals surface area contributed by atoms with E-state index in [1.165, 1.54) is 0 Å². The van der Waals surface area contributed by atoms with Crippen LogP contribution >= 0.6 is 0 Å². The maximum Gasteiger partial charge on any atom is 0.303 e. The zero-order valence-electron chi connectivity index (χ0n) is 52.8. The average Bonchev–Trinajstić information content (AvgIpc) is 1.56. The van der Waals surface area contributed by atoms with Crippen LogP contribution in [0, 0.1) is 52.3 Å². The van der Waals surface area contributed by atoms with Crippen LogP contribution in [0.25, 0.3) is 0 Å². The summed E-state index contributed by atoms with van der Waals surface area (Å²) in [6.07, 6.45) is -13.7. The van der Waals surface area contributed by atoms with Crippen LogP contribution in [-0.4, -0.2) is 184 Å². The molecule has 0 aromatic rings. The molecule has 0 aromatic carbocycles. The Morgan fingerprint density at radius 3 is 1.56 bits per heavy atom. The molecule has 4 aliphatic carbocycles. The van der Waals surface area contributed by atoms with Crippen molar-refractivity contribution in [2.45, 2.75) is 258 Å². The fourth-order valence-corrected chi connectivity index (χ4v) is 17.0. The van der Waals surface area contributed by atoms with Gasteiger partial charge in [-0.1, -0.05) is 27.7 Å². The largest absolute Gasteiger partial charge is 0.463 e. The van der Waals surface area contributed by atoms with Gasteiger partial charge in [-0.15, -0.1) is 0 Å². The Hall–Kier alpha value is -5.09. The minimum absolute atomic E-state index is 0.0302.